The number of ether oxygens (including phenoxy) is 1. The summed E-state index contributed by atoms with van der Waals surface area (Å²) in [5, 5.41) is 3.40. The molecular weight excluding hydrogens is 190 g/mol. The van der Waals surface area contributed by atoms with Gasteiger partial charge in [-0.05, 0) is 20.8 Å². The van der Waals surface area contributed by atoms with Crippen LogP contribution in [0.4, 0.5) is 0 Å². The highest BCUT2D eigenvalue weighted by molar-refractivity contribution is 4.76. The topological polar surface area (TPSA) is 39.1 Å². The molecule has 0 bridgehead atoms. The number of aromatic nitrogens is 2. The molecule has 0 aliphatic rings. The van der Waals surface area contributed by atoms with Gasteiger partial charge < -0.3 is 14.6 Å². The summed E-state index contributed by atoms with van der Waals surface area (Å²) < 4.78 is 7.52. The van der Waals surface area contributed by atoms with Gasteiger partial charge >= 0.3 is 0 Å². The quantitative estimate of drug-likeness (QED) is 0.691. The average Bonchev–Trinajstić information content (AvgIpc) is 2.64. The molecule has 1 rings (SSSR count). The van der Waals surface area contributed by atoms with Gasteiger partial charge in [0.2, 0.25) is 0 Å². The minimum atomic E-state index is 0.316. The molecule has 1 aromatic heterocycles. The van der Waals surface area contributed by atoms with Crippen LogP contribution in [0.5, 0.6) is 0 Å². The first-order valence-electron chi connectivity index (χ1n) is 5.49. The minimum absolute atomic E-state index is 0.316. The lowest BCUT2D eigenvalue weighted by atomic mass is 10.3. The zero-order chi connectivity index (χ0) is 11.1. The molecule has 0 fully saturated rings. The van der Waals surface area contributed by atoms with Crippen molar-refractivity contribution in [1.82, 2.24) is 14.9 Å². The van der Waals surface area contributed by atoms with E-state index in [1.54, 1.807) is 6.20 Å². The lowest BCUT2D eigenvalue weighted by molar-refractivity contribution is 0.0793. The number of nitrogens with one attached hydrogen (secondary N) is 1. The number of hydrogen-bond donors (Lipinski definition) is 1. The molecule has 0 aromatic carbocycles. The fourth-order valence-electron chi connectivity index (χ4n) is 1.38. The SMILES string of the molecule is CC(Cn1ccnc1)NCCOC(C)C. The van der Waals surface area contributed by atoms with Crippen LogP contribution >= 0.6 is 0 Å². The summed E-state index contributed by atoms with van der Waals surface area (Å²) in [6, 6.07) is 0.440. The first-order chi connectivity index (χ1) is 7.18. The van der Waals surface area contributed by atoms with E-state index in [9.17, 15) is 0 Å². The fraction of sp³-hybridized carbons (Fsp3) is 0.727. The first-order valence-corrected chi connectivity index (χ1v) is 5.49. The van der Waals surface area contributed by atoms with Crippen molar-refractivity contribution in [3.05, 3.63) is 18.7 Å². The number of nitrogens with zero attached hydrogens (tertiary/aromatic N) is 2. The summed E-state index contributed by atoms with van der Waals surface area (Å²) in [4.78, 5) is 4.01. The number of imidazole rings is 1. The Labute approximate surface area is 91.7 Å². The summed E-state index contributed by atoms with van der Waals surface area (Å²) >= 11 is 0. The molecule has 1 aromatic rings. The zero-order valence-electron chi connectivity index (χ0n) is 9.81. The molecule has 86 valence electrons. The van der Waals surface area contributed by atoms with Gasteiger partial charge in [0.15, 0.2) is 0 Å². The molecule has 0 saturated carbocycles. The molecule has 1 N–H and O–H groups in total. The van der Waals surface area contributed by atoms with Gasteiger partial charge in [-0.3, -0.25) is 0 Å². The van der Waals surface area contributed by atoms with Crippen LogP contribution in [0.2, 0.25) is 0 Å². The van der Waals surface area contributed by atoms with Crippen molar-refractivity contribution in [1.29, 1.82) is 0 Å². The van der Waals surface area contributed by atoms with E-state index in [2.05, 4.69) is 35.6 Å². The highest BCUT2D eigenvalue weighted by Crippen LogP contribution is 1.91. The van der Waals surface area contributed by atoms with Gasteiger partial charge in [0.1, 0.15) is 0 Å². The third-order valence-electron chi connectivity index (χ3n) is 2.09. The Hall–Kier alpha value is -0.870. The van der Waals surface area contributed by atoms with E-state index in [1.807, 2.05) is 12.5 Å². The largest absolute Gasteiger partial charge is 0.377 e. The molecule has 0 radical (unpaired) electrons. The third kappa shape index (κ3) is 5.54. The molecule has 4 heteroatoms. The highest BCUT2D eigenvalue weighted by Gasteiger charge is 2.01. The number of hydrogen-bond acceptors (Lipinski definition) is 3. The molecule has 0 amide bonds. The van der Waals surface area contributed by atoms with E-state index >= 15 is 0 Å². The minimum Gasteiger partial charge on any atom is -0.377 e. The Morgan fingerprint density at radius 1 is 1.40 bits per heavy atom. The van der Waals surface area contributed by atoms with Gasteiger partial charge in [-0.25, -0.2) is 4.98 Å². The Kier molecular flexibility index (Phi) is 5.36. The summed E-state index contributed by atoms with van der Waals surface area (Å²) in [6.45, 7) is 8.88. The van der Waals surface area contributed by atoms with Crippen molar-refractivity contribution in [2.45, 2.75) is 39.5 Å². The molecule has 15 heavy (non-hydrogen) atoms. The Morgan fingerprint density at radius 3 is 2.80 bits per heavy atom. The molecule has 1 heterocycles. The smallest absolute Gasteiger partial charge is 0.0946 e. The molecule has 0 aliphatic carbocycles. The van der Waals surface area contributed by atoms with E-state index in [1.165, 1.54) is 0 Å². The predicted molar refractivity (Wildman–Crippen MR) is 60.8 cm³/mol. The van der Waals surface area contributed by atoms with Crippen molar-refractivity contribution >= 4 is 0 Å². The fourth-order valence-corrected chi connectivity index (χ4v) is 1.38. The van der Waals surface area contributed by atoms with Crippen LogP contribution in [0, 0.1) is 0 Å². The van der Waals surface area contributed by atoms with Crippen molar-refractivity contribution in [3.8, 4) is 0 Å². The van der Waals surface area contributed by atoms with Crippen LogP contribution in [0.25, 0.3) is 0 Å². The Balaban J connectivity index is 2.06. The van der Waals surface area contributed by atoms with Crippen LogP contribution in [-0.4, -0.2) is 34.8 Å². The first kappa shape index (κ1) is 12.2. The van der Waals surface area contributed by atoms with Crippen molar-refractivity contribution in [3.63, 3.8) is 0 Å². The highest BCUT2D eigenvalue weighted by atomic mass is 16.5. The van der Waals surface area contributed by atoms with Crippen LogP contribution in [-0.2, 0) is 11.3 Å². The maximum Gasteiger partial charge on any atom is 0.0946 e. The molecule has 1 atom stereocenters. The second kappa shape index (κ2) is 6.58. The average molecular weight is 211 g/mol. The molecular formula is C11H21N3O. The maximum atomic E-state index is 5.45. The van der Waals surface area contributed by atoms with Gasteiger partial charge in [0.05, 0.1) is 19.0 Å². The van der Waals surface area contributed by atoms with Crippen LogP contribution in [0.3, 0.4) is 0 Å². The Morgan fingerprint density at radius 2 is 2.20 bits per heavy atom. The summed E-state index contributed by atoms with van der Waals surface area (Å²) in [6.07, 6.45) is 5.93. The monoisotopic (exact) mass is 211 g/mol. The number of rotatable bonds is 7. The normalized spacial score (nSPS) is 13.3. The molecule has 0 spiro atoms. The van der Waals surface area contributed by atoms with Gasteiger partial charge in [0.25, 0.3) is 0 Å². The van der Waals surface area contributed by atoms with E-state index in [4.69, 9.17) is 4.74 Å². The second-order valence-corrected chi connectivity index (χ2v) is 4.03. The van der Waals surface area contributed by atoms with E-state index in [0.717, 1.165) is 19.7 Å². The van der Waals surface area contributed by atoms with Crippen molar-refractivity contribution in [2.75, 3.05) is 13.2 Å². The summed E-state index contributed by atoms with van der Waals surface area (Å²) in [5.41, 5.74) is 0. The molecule has 4 nitrogen and oxygen atoms in total. The second-order valence-electron chi connectivity index (χ2n) is 4.03. The summed E-state index contributed by atoms with van der Waals surface area (Å²) in [7, 11) is 0. The lowest BCUT2D eigenvalue weighted by Crippen LogP contribution is -2.33. The molecule has 0 aliphatic heterocycles. The lowest BCUT2D eigenvalue weighted by Gasteiger charge is -2.15. The standard InChI is InChI=1S/C11H21N3O/c1-10(2)15-7-5-13-11(3)8-14-6-4-12-9-14/h4,6,9-11,13H,5,7-8H2,1-3H3. The third-order valence-corrected chi connectivity index (χ3v) is 2.09. The van der Waals surface area contributed by atoms with E-state index < -0.39 is 0 Å². The van der Waals surface area contributed by atoms with Gasteiger partial charge in [-0.1, -0.05) is 0 Å². The van der Waals surface area contributed by atoms with Crippen LogP contribution in [0.15, 0.2) is 18.7 Å². The van der Waals surface area contributed by atoms with Crippen LogP contribution < -0.4 is 5.32 Å². The zero-order valence-corrected chi connectivity index (χ0v) is 9.81. The van der Waals surface area contributed by atoms with E-state index in [-0.39, 0.29) is 0 Å². The van der Waals surface area contributed by atoms with Gasteiger partial charge in [-0.2, -0.15) is 0 Å². The Bertz CT molecular complexity index is 246. The van der Waals surface area contributed by atoms with Crippen molar-refractivity contribution < 1.29 is 4.74 Å². The maximum absolute atomic E-state index is 5.45. The van der Waals surface area contributed by atoms with Crippen molar-refractivity contribution in [2.24, 2.45) is 0 Å². The summed E-state index contributed by atoms with van der Waals surface area (Å²) in [5.74, 6) is 0. The van der Waals surface area contributed by atoms with Crippen LogP contribution in [0.1, 0.15) is 20.8 Å². The molecule has 0 saturated heterocycles. The van der Waals surface area contributed by atoms with Gasteiger partial charge in [-0.15, -0.1) is 0 Å². The predicted octanol–water partition coefficient (Wildman–Crippen LogP) is 1.29. The van der Waals surface area contributed by atoms with Gasteiger partial charge in [0, 0.05) is 31.5 Å². The molecule has 1 unspecified atom stereocenters. The van der Waals surface area contributed by atoms with E-state index in [0.29, 0.717) is 12.1 Å².